The topological polar surface area (TPSA) is 41.1 Å². The lowest BCUT2D eigenvalue weighted by Gasteiger charge is -2.12. The maximum absolute atomic E-state index is 12.8. The Morgan fingerprint density at radius 2 is 1.71 bits per heavy atom. The zero-order valence-electron chi connectivity index (χ0n) is 12.3. The van der Waals surface area contributed by atoms with Crippen molar-refractivity contribution >= 4 is 34.8 Å². The van der Waals surface area contributed by atoms with Gasteiger partial charge in [-0.15, -0.1) is 0 Å². The van der Waals surface area contributed by atoms with Gasteiger partial charge in [0.05, 0.1) is 17.1 Å². The first-order chi connectivity index (χ1) is 11.3. The van der Waals surface area contributed by atoms with E-state index in [4.69, 9.17) is 23.2 Å². The molecule has 0 spiro atoms. The van der Waals surface area contributed by atoms with Crippen molar-refractivity contribution in [2.75, 3.05) is 11.9 Å². The third-order valence-electron chi connectivity index (χ3n) is 3.08. The van der Waals surface area contributed by atoms with E-state index in [0.717, 1.165) is 17.7 Å². The Kier molecular flexibility index (Phi) is 6.10. The number of alkyl halides is 3. The van der Waals surface area contributed by atoms with E-state index in [0.29, 0.717) is 11.6 Å². The van der Waals surface area contributed by atoms with Crippen LogP contribution in [0.2, 0.25) is 10.0 Å². The van der Waals surface area contributed by atoms with Gasteiger partial charge in [0, 0.05) is 17.3 Å². The van der Waals surface area contributed by atoms with E-state index in [1.54, 1.807) is 12.1 Å². The van der Waals surface area contributed by atoms with Gasteiger partial charge in [0.1, 0.15) is 0 Å². The van der Waals surface area contributed by atoms with Crippen LogP contribution in [0.4, 0.5) is 18.9 Å². The predicted molar refractivity (Wildman–Crippen MR) is 88.2 cm³/mol. The molecule has 0 aliphatic rings. The van der Waals surface area contributed by atoms with Crippen molar-refractivity contribution in [2.45, 2.75) is 12.7 Å². The van der Waals surface area contributed by atoms with Gasteiger partial charge in [-0.05, 0) is 35.9 Å². The fourth-order valence-electron chi connectivity index (χ4n) is 1.95. The summed E-state index contributed by atoms with van der Waals surface area (Å²) in [6.07, 6.45) is -4.58. The van der Waals surface area contributed by atoms with Gasteiger partial charge >= 0.3 is 6.18 Å². The number of benzene rings is 2. The normalized spacial score (nSPS) is 11.4. The van der Waals surface area contributed by atoms with Gasteiger partial charge in [-0.1, -0.05) is 35.3 Å². The van der Waals surface area contributed by atoms with Gasteiger partial charge in [0.2, 0.25) is 5.91 Å². The highest BCUT2D eigenvalue weighted by atomic mass is 35.5. The first-order valence-electron chi connectivity index (χ1n) is 6.87. The lowest BCUT2D eigenvalue weighted by molar-refractivity contribution is -0.137. The minimum atomic E-state index is -4.58. The Labute approximate surface area is 146 Å². The minimum absolute atomic E-state index is 0.0324. The highest BCUT2D eigenvalue weighted by Crippen LogP contribution is 2.36. The smallest absolute Gasteiger partial charge is 0.325 e. The standard InChI is InChI=1S/C16H13Cl2F3N2O/c17-11-3-1-10(2-4-11)8-22-9-15(24)23-12-5-6-14(18)13(7-12)16(19,20)21/h1-7,22H,8-9H2,(H,23,24). The molecule has 2 rings (SSSR count). The van der Waals surface area contributed by atoms with Crippen molar-refractivity contribution in [3.05, 3.63) is 63.6 Å². The quantitative estimate of drug-likeness (QED) is 0.790. The summed E-state index contributed by atoms with van der Waals surface area (Å²) >= 11 is 11.3. The Morgan fingerprint density at radius 1 is 1.04 bits per heavy atom. The maximum Gasteiger partial charge on any atom is 0.417 e. The molecule has 0 heterocycles. The van der Waals surface area contributed by atoms with E-state index in [9.17, 15) is 18.0 Å². The second-order valence-corrected chi connectivity index (χ2v) is 5.81. The van der Waals surface area contributed by atoms with Crippen LogP contribution in [0.15, 0.2) is 42.5 Å². The summed E-state index contributed by atoms with van der Waals surface area (Å²) in [5.41, 5.74) is -0.0286. The minimum Gasteiger partial charge on any atom is -0.325 e. The Hall–Kier alpha value is -1.76. The van der Waals surface area contributed by atoms with Gasteiger partial charge in [-0.2, -0.15) is 13.2 Å². The molecule has 2 aromatic rings. The molecular formula is C16H13Cl2F3N2O. The molecule has 24 heavy (non-hydrogen) atoms. The molecule has 0 radical (unpaired) electrons. The van der Waals surface area contributed by atoms with Crippen molar-refractivity contribution in [2.24, 2.45) is 0 Å². The summed E-state index contributed by atoms with van der Waals surface area (Å²) in [4.78, 5) is 11.8. The molecule has 2 aromatic carbocycles. The fourth-order valence-corrected chi connectivity index (χ4v) is 2.30. The SMILES string of the molecule is O=C(CNCc1ccc(Cl)cc1)Nc1ccc(Cl)c(C(F)(F)F)c1. The van der Waals surface area contributed by atoms with E-state index in [1.807, 2.05) is 12.1 Å². The number of rotatable bonds is 5. The summed E-state index contributed by atoms with van der Waals surface area (Å²) in [5, 5.41) is 5.49. The maximum atomic E-state index is 12.8. The highest BCUT2D eigenvalue weighted by molar-refractivity contribution is 6.31. The molecule has 0 atom stereocenters. The lowest BCUT2D eigenvalue weighted by Crippen LogP contribution is -2.27. The molecule has 128 valence electrons. The van der Waals surface area contributed by atoms with E-state index in [-0.39, 0.29) is 12.2 Å². The first kappa shape index (κ1) is 18.6. The molecule has 0 saturated heterocycles. The number of carbonyl (C=O) groups is 1. The molecule has 2 N–H and O–H groups in total. The van der Waals surface area contributed by atoms with Crippen LogP contribution < -0.4 is 10.6 Å². The molecule has 0 aliphatic carbocycles. The van der Waals surface area contributed by atoms with E-state index < -0.39 is 22.7 Å². The molecule has 3 nitrogen and oxygen atoms in total. The van der Waals surface area contributed by atoms with Crippen LogP contribution in [0.25, 0.3) is 0 Å². The first-order valence-corrected chi connectivity index (χ1v) is 7.63. The molecule has 0 saturated carbocycles. The molecular weight excluding hydrogens is 364 g/mol. The van der Waals surface area contributed by atoms with Crippen LogP contribution in [0.1, 0.15) is 11.1 Å². The fraction of sp³-hybridized carbons (Fsp3) is 0.188. The monoisotopic (exact) mass is 376 g/mol. The van der Waals surface area contributed by atoms with E-state index >= 15 is 0 Å². The van der Waals surface area contributed by atoms with Crippen molar-refractivity contribution in [3.63, 3.8) is 0 Å². The summed E-state index contributed by atoms with van der Waals surface area (Å²) in [7, 11) is 0. The second kappa shape index (κ2) is 7.88. The predicted octanol–water partition coefficient (Wildman–Crippen LogP) is 4.74. The average Bonchev–Trinajstić information content (AvgIpc) is 2.50. The van der Waals surface area contributed by atoms with Gasteiger partial charge < -0.3 is 10.6 Å². The van der Waals surface area contributed by atoms with Crippen LogP contribution in [0.5, 0.6) is 0 Å². The molecule has 8 heteroatoms. The zero-order chi connectivity index (χ0) is 17.7. The molecule has 0 aliphatic heterocycles. The number of carbonyl (C=O) groups excluding carboxylic acids is 1. The summed E-state index contributed by atoms with van der Waals surface area (Å²) < 4.78 is 38.3. The highest BCUT2D eigenvalue weighted by Gasteiger charge is 2.33. The van der Waals surface area contributed by atoms with E-state index in [1.165, 1.54) is 6.07 Å². The van der Waals surface area contributed by atoms with Crippen LogP contribution >= 0.6 is 23.2 Å². The zero-order valence-corrected chi connectivity index (χ0v) is 13.8. The van der Waals surface area contributed by atoms with Crippen LogP contribution in [0.3, 0.4) is 0 Å². The van der Waals surface area contributed by atoms with Crippen molar-refractivity contribution in [1.82, 2.24) is 5.32 Å². The van der Waals surface area contributed by atoms with Crippen LogP contribution in [-0.2, 0) is 17.5 Å². The Bertz CT molecular complexity index is 718. The van der Waals surface area contributed by atoms with Gasteiger partial charge in [0.25, 0.3) is 0 Å². The Morgan fingerprint density at radius 3 is 2.33 bits per heavy atom. The third-order valence-corrected chi connectivity index (χ3v) is 3.67. The second-order valence-electron chi connectivity index (χ2n) is 4.97. The number of anilines is 1. The van der Waals surface area contributed by atoms with Crippen LogP contribution in [0, 0.1) is 0 Å². The summed E-state index contributed by atoms with van der Waals surface area (Å²) in [6.45, 7) is 0.381. The van der Waals surface area contributed by atoms with Crippen molar-refractivity contribution in [3.8, 4) is 0 Å². The summed E-state index contributed by atoms with van der Waals surface area (Å²) in [5.74, 6) is -0.459. The lowest BCUT2D eigenvalue weighted by atomic mass is 10.2. The number of amides is 1. The van der Waals surface area contributed by atoms with Crippen molar-refractivity contribution < 1.29 is 18.0 Å². The molecule has 0 unspecified atom stereocenters. The van der Waals surface area contributed by atoms with Crippen LogP contribution in [-0.4, -0.2) is 12.5 Å². The molecule has 0 bridgehead atoms. The largest absolute Gasteiger partial charge is 0.417 e. The number of nitrogens with one attached hydrogen (secondary N) is 2. The van der Waals surface area contributed by atoms with E-state index in [2.05, 4.69) is 10.6 Å². The van der Waals surface area contributed by atoms with Gasteiger partial charge in [-0.25, -0.2) is 0 Å². The number of halogens is 5. The molecule has 0 aromatic heterocycles. The summed E-state index contributed by atoms with van der Waals surface area (Å²) in [6, 6.07) is 10.3. The number of hydrogen-bond donors (Lipinski definition) is 2. The van der Waals surface area contributed by atoms with Gasteiger partial charge in [0.15, 0.2) is 0 Å². The Balaban J connectivity index is 1.89. The third kappa shape index (κ3) is 5.40. The number of hydrogen-bond acceptors (Lipinski definition) is 2. The van der Waals surface area contributed by atoms with Gasteiger partial charge in [-0.3, -0.25) is 4.79 Å². The average molecular weight is 377 g/mol. The molecule has 0 fully saturated rings. The molecule has 1 amide bonds. The van der Waals surface area contributed by atoms with Crippen molar-refractivity contribution in [1.29, 1.82) is 0 Å².